The van der Waals surface area contributed by atoms with Gasteiger partial charge in [0.25, 0.3) is 0 Å². The highest BCUT2D eigenvalue weighted by Crippen LogP contribution is 2.38. The average Bonchev–Trinajstić information content (AvgIpc) is 3.09. The number of fused-ring (bicyclic) bond motifs is 1. The lowest BCUT2D eigenvalue weighted by Crippen LogP contribution is -2.43. The van der Waals surface area contributed by atoms with Gasteiger partial charge in [0.2, 0.25) is 0 Å². The fourth-order valence-electron chi connectivity index (χ4n) is 3.35. The molecule has 0 spiro atoms. The molecule has 0 atom stereocenters. The number of ether oxygens (including phenoxy) is 1. The monoisotopic (exact) mass is 354 g/mol. The second kappa shape index (κ2) is 6.96. The summed E-state index contributed by atoms with van der Waals surface area (Å²) >= 11 is 1.93. The lowest BCUT2D eigenvalue weighted by atomic mass is 9.81. The van der Waals surface area contributed by atoms with Crippen molar-refractivity contribution < 1.29 is 4.74 Å². The summed E-state index contributed by atoms with van der Waals surface area (Å²) in [6.07, 6.45) is 6.00. The van der Waals surface area contributed by atoms with Gasteiger partial charge in [-0.1, -0.05) is 0 Å². The van der Waals surface area contributed by atoms with E-state index in [1.807, 2.05) is 30.1 Å². The van der Waals surface area contributed by atoms with Crippen molar-refractivity contribution in [2.24, 2.45) is 5.92 Å². The van der Waals surface area contributed by atoms with E-state index in [1.165, 1.54) is 23.5 Å². The molecule has 130 valence electrons. The van der Waals surface area contributed by atoms with Crippen LogP contribution in [0.3, 0.4) is 0 Å². The van der Waals surface area contributed by atoms with Crippen molar-refractivity contribution in [2.75, 3.05) is 24.8 Å². The molecule has 1 N–H and O–H groups in total. The molecule has 1 aliphatic carbocycles. The zero-order valence-corrected chi connectivity index (χ0v) is 15.3. The number of hydrogen-bond acceptors (Lipinski definition) is 5. The minimum atomic E-state index is 0.564. The van der Waals surface area contributed by atoms with Crippen molar-refractivity contribution in [1.82, 2.24) is 15.0 Å². The molecule has 5 nitrogen and oxygen atoms in total. The van der Waals surface area contributed by atoms with Gasteiger partial charge in [-0.2, -0.15) is 0 Å². The third-order valence-corrected chi connectivity index (χ3v) is 6.21. The lowest BCUT2D eigenvalue weighted by molar-refractivity contribution is 0.286. The topological polar surface area (TPSA) is 54.0 Å². The van der Waals surface area contributed by atoms with Crippen LogP contribution in [0.4, 0.5) is 5.82 Å². The minimum Gasteiger partial charge on any atom is -0.497 e. The van der Waals surface area contributed by atoms with Gasteiger partial charge in [-0.3, -0.25) is 0 Å². The third-order valence-electron chi connectivity index (χ3n) is 4.97. The number of methoxy groups -OCH3 is 1. The molecule has 25 heavy (non-hydrogen) atoms. The van der Waals surface area contributed by atoms with E-state index in [0.29, 0.717) is 6.04 Å². The van der Waals surface area contributed by atoms with E-state index in [9.17, 15) is 0 Å². The minimum absolute atomic E-state index is 0.564. The molecular weight excluding hydrogens is 332 g/mol. The number of anilines is 1. The normalized spacial score (nSPS) is 19.6. The van der Waals surface area contributed by atoms with Crippen molar-refractivity contribution >= 4 is 28.6 Å². The Kier molecular flexibility index (Phi) is 4.53. The molecule has 6 heteroatoms. The van der Waals surface area contributed by atoms with Gasteiger partial charge in [-0.05, 0) is 49.1 Å². The number of nitrogens with zero attached hydrogens (tertiary/aromatic N) is 3. The average molecular weight is 354 g/mol. The number of rotatable bonds is 6. The summed E-state index contributed by atoms with van der Waals surface area (Å²) in [4.78, 5) is 15.5. The molecule has 1 saturated carbocycles. The lowest BCUT2D eigenvalue weighted by Gasteiger charge is -2.41. The first-order valence-corrected chi connectivity index (χ1v) is 9.51. The SMILES string of the molecule is COc1ccc(SCC2CC(N(C)c3ncnc4[nH]ccc34)C2)cc1. The summed E-state index contributed by atoms with van der Waals surface area (Å²) in [6.45, 7) is 0. The summed E-state index contributed by atoms with van der Waals surface area (Å²) in [5.74, 6) is 3.87. The Morgan fingerprint density at radius 1 is 1.20 bits per heavy atom. The van der Waals surface area contributed by atoms with Crippen LogP contribution in [0.5, 0.6) is 5.75 Å². The zero-order chi connectivity index (χ0) is 17.2. The van der Waals surface area contributed by atoms with Gasteiger partial charge in [0.15, 0.2) is 0 Å². The van der Waals surface area contributed by atoms with Crippen molar-refractivity contribution in [3.05, 3.63) is 42.9 Å². The predicted molar refractivity (Wildman–Crippen MR) is 103 cm³/mol. The summed E-state index contributed by atoms with van der Waals surface area (Å²) in [7, 11) is 3.85. The fraction of sp³-hybridized carbons (Fsp3) is 0.368. The molecule has 2 aromatic heterocycles. The number of aromatic amines is 1. The van der Waals surface area contributed by atoms with Crippen molar-refractivity contribution in [3.63, 3.8) is 0 Å². The maximum Gasteiger partial charge on any atom is 0.142 e. The molecule has 4 rings (SSSR count). The van der Waals surface area contributed by atoms with Gasteiger partial charge in [0, 0.05) is 29.9 Å². The van der Waals surface area contributed by atoms with E-state index >= 15 is 0 Å². The molecule has 0 radical (unpaired) electrons. The Balaban J connectivity index is 1.31. The van der Waals surface area contributed by atoms with E-state index in [1.54, 1.807) is 13.4 Å². The first-order chi connectivity index (χ1) is 12.2. The van der Waals surface area contributed by atoms with Crippen LogP contribution in [-0.2, 0) is 0 Å². The fourth-order valence-corrected chi connectivity index (χ4v) is 4.38. The van der Waals surface area contributed by atoms with Gasteiger partial charge in [-0.25, -0.2) is 9.97 Å². The largest absolute Gasteiger partial charge is 0.497 e. The van der Waals surface area contributed by atoms with Crippen molar-refractivity contribution in [3.8, 4) is 5.75 Å². The highest BCUT2D eigenvalue weighted by atomic mass is 32.2. The number of aromatic nitrogens is 3. The Hall–Kier alpha value is -2.21. The first kappa shape index (κ1) is 16.3. The summed E-state index contributed by atoms with van der Waals surface area (Å²) < 4.78 is 5.21. The summed E-state index contributed by atoms with van der Waals surface area (Å²) in [6, 6.07) is 10.9. The van der Waals surface area contributed by atoms with Gasteiger partial charge >= 0.3 is 0 Å². The number of benzene rings is 1. The molecule has 2 heterocycles. The molecule has 1 aliphatic rings. The van der Waals surface area contributed by atoms with Crippen LogP contribution in [0.1, 0.15) is 12.8 Å². The molecule has 1 aromatic carbocycles. The Labute approximate surface area is 151 Å². The first-order valence-electron chi connectivity index (χ1n) is 8.52. The van der Waals surface area contributed by atoms with Crippen LogP contribution in [-0.4, -0.2) is 40.9 Å². The van der Waals surface area contributed by atoms with Crippen LogP contribution < -0.4 is 9.64 Å². The standard InChI is InChI=1S/C19H22N4OS/c1-23(19-17-7-8-20-18(17)21-12-22-19)14-9-13(10-14)11-25-16-5-3-15(24-2)4-6-16/h3-8,12-14H,9-11H2,1-2H3,(H,20,21,22). The Morgan fingerprint density at radius 2 is 2.00 bits per heavy atom. The van der Waals surface area contributed by atoms with Crippen molar-refractivity contribution in [2.45, 2.75) is 23.8 Å². The molecule has 0 bridgehead atoms. The Morgan fingerprint density at radius 3 is 2.76 bits per heavy atom. The second-order valence-electron chi connectivity index (χ2n) is 6.53. The van der Waals surface area contributed by atoms with Crippen LogP contribution in [0.15, 0.2) is 47.8 Å². The van der Waals surface area contributed by atoms with Crippen LogP contribution in [0.25, 0.3) is 11.0 Å². The van der Waals surface area contributed by atoms with Crippen LogP contribution >= 0.6 is 11.8 Å². The number of H-pyrrole nitrogens is 1. The predicted octanol–water partition coefficient (Wildman–Crippen LogP) is 3.97. The highest BCUT2D eigenvalue weighted by molar-refractivity contribution is 7.99. The molecule has 3 aromatic rings. The maximum absolute atomic E-state index is 5.21. The Bertz CT molecular complexity index is 842. The molecule has 0 aliphatic heterocycles. The molecule has 0 unspecified atom stereocenters. The van der Waals surface area contributed by atoms with Crippen molar-refractivity contribution in [1.29, 1.82) is 0 Å². The van der Waals surface area contributed by atoms with Gasteiger partial charge in [0.05, 0.1) is 12.5 Å². The summed E-state index contributed by atoms with van der Waals surface area (Å²) in [5.41, 5.74) is 0.905. The van der Waals surface area contributed by atoms with E-state index in [0.717, 1.165) is 28.5 Å². The molecular formula is C19H22N4OS. The zero-order valence-electron chi connectivity index (χ0n) is 14.5. The highest BCUT2D eigenvalue weighted by Gasteiger charge is 2.33. The number of nitrogens with one attached hydrogen (secondary N) is 1. The van der Waals surface area contributed by atoms with E-state index < -0.39 is 0 Å². The molecule has 0 amide bonds. The number of thioether (sulfide) groups is 1. The quantitative estimate of drug-likeness (QED) is 0.679. The van der Waals surface area contributed by atoms with Crippen LogP contribution in [0, 0.1) is 5.92 Å². The smallest absolute Gasteiger partial charge is 0.142 e. The second-order valence-corrected chi connectivity index (χ2v) is 7.62. The maximum atomic E-state index is 5.21. The third kappa shape index (κ3) is 3.31. The summed E-state index contributed by atoms with van der Waals surface area (Å²) in [5, 5.41) is 1.10. The van der Waals surface area contributed by atoms with Crippen LogP contribution in [0.2, 0.25) is 0 Å². The van der Waals surface area contributed by atoms with E-state index in [4.69, 9.17) is 4.74 Å². The molecule has 0 saturated heterocycles. The van der Waals surface area contributed by atoms with Gasteiger partial charge in [0.1, 0.15) is 23.5 Å². The van der Waals surface area contributed by atoms with E-state index in [2.05, 4.69) is 45.1 Å². The van der Waals surface area contributed by atoms with Gasteiger partial charge in [-0.15, -0.1) is 11.8 Å². The van der Waals surface area contributed by atoms with E-state index in [-0.39, 0.29) is 0 Å². The molecule has 1 fully saturated rings. The number of hydrogen-bond donors (Lipinski definition) is 1. The van der Waals surface area contributed by atoms with Gasteiger partial charge < -0.3 is 14.6 Å².